The van der Waals surface area contributed by atoms with Gasteiger partial charge in [0, 0.05) is 5.39 Å². The van der Waals surface area contributed by atoms with Crippen molar-refractivity contribution in [1.82, 2.24) is 4.57 Å². The Morgan fingerprint density at radius 3 is 2.26 bits per heavy atom. The maximum Gasteiger partial charge on any atom is 0.673 e. The number of furan rings is 1. The minimum absolute atomic E-state index is 0.310. The van der Waals surface area contributed by atoms with E-state index in [0.29, 0.717) is 22.1 Å². The van der Waals surface area contributed by atoms with Crippen molar-refractivity contribution < 1.29 is 26.2 Å². The summed E-state index contributed by atoms with van der Waals surface area (Å²) in [6, 6.07) is 9.11. The lowest BCUT2D eigenvalue weighted by molar-refractivity contribution is -0.671. The third kappa shape index (κ3) is 3.41. The Labute approximate surface area is 126 Å². The fourth-order valence-corrected chi connectivity index (χ4v) is 2.11. The number of hydrogen-bond donors (Lipinski definition) is 0. The first-order valence-electron chi connectivity index (χ1n) is 6.39. The Morgan fingerprint density at radius 2 is 1.65 bits per heavy atom. The number of nitrogens with zero attached hydrogens (tertiary/aromatic N) is 2. The number of hydrogen-bond acceptors (Lipinski definition) is 3. The van der Waals surface area contributed by atoms with Crippen LogP contribution < -0.4 is 15.8 Å². The lowest BCUT2D eigenvalue weighted by Crippen LogP contribution is -2.54. The molecule has 122 valence electrons. The van der Waals surface area contributed by atoms with Gasteiger partial charge in [-0.2, -0.15) is 13.9 Å². The van der Waals surface area contributed by atoms with Gasteiger partial charge < -0.3 is 21.7 Å². The van der Waals surface area contributed by atoms with Crippen molar-refractivity contribution >= 4 is 29.3 Å². The Kier molecular flexibility index (Phi) is 4.26. The van der Waals surface area contributed by atoms with E-state index in [1.807, 2.05) is 24.3 Å². The second kappa shape index (κ2) is 5.86. The van der Waals surface area contributed by atoms with Gasteiger partial charge >= 0.3 is 24.2 Å². The van der Waals surface area contributed by atoms with E-state index in [1.165, 1.54) is 11.6 Å². The molecular weight excluding hydrogens is 319 g/mol. The lowest BCUT2D eigenvalue weighted by Gasteiger charge is -1.94. The van der Waals surface area contributed by atoms with Crippen LogP contribution in [0, 0.1) is 0 Å². The predicted molar refractivity (Wildman–Crippen MR) is 76.6 cm³/mol. The molecule has 0 radical (unpaired) electrons. The zero-order valence-electron chi connectivity index (χ0n) is 12.1. The Hall–Kier alpha value is -2.65. The summed E-state index contributed by atoms with van der Waals surface area (Å²) < 4.78 is 47.0. The van der Waals surface area contributed by atoms with E-state index in [2.05, 4.69) is 0 Å². The van der Waals surface area contributed by atoms with E-state index in [1.54, 1.807) is 13.1 Å². The van der Waals surface area contributed by atoms with Gasteiger partial charge in [-0.3, -0.25) is 0 Å². The molecule has 0 fully saturated rings. The Balaban J connectivity index is 0.000000338. The molecule has 0 aliphatic carbocycles. The number of aromatic nitrogens is 2. The van der Waals surface area contributed by atoms with Gasteiger partial charge in [0.25, 0.3) is 0 Å². The largest absolute Gasteiger partial charge is 0.673 e. The van der Waals surface area contributed by atoms with Crippen molar-refractivity contribution in [2.75, 3.05) is 0 Å². The lowest BCUT2D eigenvalue weighted by atomic mass is 10.2. The molecule has 0 atom stereocenters. The molecular formula is C13H11BF4N2O3. The molecule has 5 nitrogen and oxygen atoms in total. The van der Waals surface area contributed by atoms with Crippen LogP contribution in [0.5, 0.6) is 0 Å². The SMILES string of the molecule is Cn1c(=O)c2c3cccccc3oc2[n+](C)c1=O.F[B-](F)(F)F. The molecule has 0 unspecified atom stereocenters. The summed E-state index contributed by atoms with van der Waals surface area (Å²) in [6.45, 7) is 0. The molecule has 2 aromatic heterocycles. The summed E-state index contributed by atoms with van der Waals surface area (Å²) in [5.74, 6) is 0. The van der Waals surface area contributed by atoms with E-state index in [4.69, 9.17) is 4.42 Å². The molecule has 3 rings (SSSR count). The molecule has 0 N–H and O–H groups in total. The molecule has 23 heavy (non-hydrogen) atoms. The van der Waals surface area contributed by atoms with Crippen molar-refractivity contribution in [3.8, 4) is 0 Å². The summed E-state index contributed by atoms with van der Waals surface area (Å²) in [5.41, 5.74) is 0.173. The normalized spacial score (nSPS) is 11.4. The molecule has 0 bridgehead atoms. The second-order valence-electron chi connectivity index (χ2n) is 4.67. The standard InChI is InChI=1S/C13H11N2O3.BF4/c1-14-11(16)10-8-6-4-3-5-7-9(8)18-12(10)15(2)13(14)17;2-1(3,4)5/h3-7H,1-2H3;/q+1;-1. The highest BCUT2D eigenvalue weighted by Crippen LogP contribution is 2.21. The molecule has 0 aliphatic heterocycles. The summed E-state index contributed by atoms with van der Waals surface area (Å²) in [4.78, 5) is 24.0. The first-order chi connectivity index (χ1) is 10.6. The predicted octanol–water partition coefficient (Wildman–Crippen LogP) is 1.77. The van der Waals surface area contributed by atoms with Gasteiger partial charge in [-0.1, -0.05) is 24.3 Å². The van der Waals surface area contributed by atoms with Crippen LogP contribution in [0.15, 0.2) is 44.3 Å². The maximum absolute atomic E-state index is 12.2. The minimum Gasteiger partial charge on any atom is -0.422 e. The molecule has 1 aromatic carbocycles. The summed E-state index contributed by atoms with van der Waals surface area (Å²) in [5, 5.41) is 1.15. The van der Waals surface area contributed by atoms with Crippen LogP contribution in [-0.4, -0.2) is 11.8 Å². The van der Waals surface area contributed by atoms with Crippen molar-refractivity contribution in [3.05, 3.63) is 51.2 Å². The van der Waals surface area contributed by atoms with Gasteiger partial charge in [0.15, 0.2) is 5.39 Å². The van der Waals surface area contributed by atoms with Crippen molar-refractivity contribution in [2.24, 2.45) is 14.1 Å². The van der Waals surface area contributed by atoms with Crippen molar-refractivity contribution in [3.63, 3.8) is 0 Å². The fourth-order valence-electron chi connectivity index (χ4n) is 2.11. The maximum atomic E-state index is 12.2. The van der Waals surface area contributed by atoms with E-state index in [0.717, 1.165) is 4.57 Å². The number of rotatable bonds is 0. The molecule has 10 heteroatoms. The molecule has 0 amide bonds. The Morgan fingerprint density at radius 1 is 1.09 bits per heavy atom. The summed E-state index contributed by atoms with van der Waals surface area (Å²) in [6.07, 6.45) is 0. The van der Waals surface area contributed by atoms with Crippen LogP contribution in [0.1, 0.15) is 0 Å². The van der Waals surface area contributed by atoms with Crippen LogP contribution in [-0.2, 0) is 14.1 Å². The highest BCUT2D eigenvalue weighted by molar-refractivity contribution is 6.50. The van der Waals surface area contributed by atoms with E-state index < -0.39 is 12.9 Å². The van der Waals surface area contributed by atoms with Crippen LogP contribution >= 0.6 is 0 Å². The van der Waals surface area contributed by atoms with Crippen LogP contribution in [0.4, 0.5) is 17.3 Å². The second-order valence-corrected chi connectivity index (χ2v) is 4.67. The topological polar surface area (TPSA) is 56.1 Å². The van der Waals surface area contributed by atoms with Gasteiger partial charge in [-0.15, -0.1) is 0 Å². The van der Waals surface area contributed by atoms with Crippen molar-refractivity contribution in [1.29, 1.82) is 0 Å². The number of halogens is 4. The highest BCUT2D eigenvalue weighted by atomic mass is 19.5. The summed E-state index contributed by atoms with van der Waals surface area (Å²) in [7, 11) is -2.95. The van der Waals surface area contributed by atoms with Crippen LogP contribution in [0.3, 0.4) is 0 Å². The van der Waals surface area contributed by atoms with Gasteiger partial charge in [-0.05, 0) is 6.07 Å². The zero-order valence-corrected chi connectivity index (χ0v) is 12.1. The molecule has 0 spiro atoms. The molecule has 2 heterocycles. The first kappa shape index (κ1) is 16.7. The van der Waals surface area contributed by atoms with Gasteiger partial charge in [0.2, 0.25) is 0 Å². The zero-order chi connectivity index (χ0) is 17.4. The van der Waals surface area contributed by atoms with E-state index in [-0.39, 0.29) is 5.56 Å². The molecule has 0 saturated heterocycles. The fraction of sp³-hybridized carbons (Fsp3) is 0.154. The molecule has 0 aliphatic rings. The third-order valence-electron chi connectivity index (χ3n) is 3.09. The minimum atomic E-state index is -6.00. The first-order valence-corrected chi connectivity index (χ1v) is 6.39. The van der Waals surface area contributed by atoms with Gasteiger partial charge in [0.1, 0.15) is 5.58 Å². The van der Waals surface area contributed by atoms with Gasteiger partial charge in [0.05, 0.1) is 14.1 Å². The van der Waals surface area contributed by atoms with E-state index in [9.17, 15) is 26.9 Å². The van der Waals surface area contributed by atoms with Gasteiger partial charge in [-0.25, -0.2) is 4.79 Å². The van der Waals surface area contributed by atoms with Crippen molar-refractivity contribution in [2.45, 2.75) is 0 Å². The number of aryl methyl sites for hydroxylation is 1. The van der Waals surface area contributed by atoms with Crippen LogP contribution in [0.2, 0.25) is 0 Å². The monoisotopic (exact) mass is 330 g/mol. The average Bonchev–Trinajstić information content (AvgIpc) is 2.64. The molecule has 0 saturated carbocycles. The Bertz CT molecular complexity index is 989. The highest BCUT2D eigenvalue weighted by Gasteiger charge is 2.22. The quantitative estimate of drug-likeness (QED) is 0.359. The van der Waals surface area contributed by atoms with Crippen LogP contribution in [0.25, 0.3) is 22.1 Å². The molecule has 3 aromatic rings. The smallest absolute Gasteiger partial charge is 0.422 e. The van der Waals surface area contributed by atoms with E-state index >= 15 is 0 Å². The summed E-state index contributed by atoms with van der Waals surface area (Å²) >= 11 is 0. The number of fused-ring (bicyclic) bond motifs is 3. The third-order valence-corrected chi connectivity index (χ3v) is 3.09. The average molecular weight is 330 g/mol.